The van der Waals surface area contributed by atoms with Gasteiger partial charge in [0.25, 0.3) is 0 Å². The van der Waals surface area contributed by atoms with Crippen molar-refractivity contribution in [1.29, 1.82) is 21.0 Å². The molecule has 21 heavy (non-hydrogen) atoms. The number of nitrogens with zero attached hydrogens (tertiary/aromatic N) is 4. The molecule has 0 heterocycles. The molecule has 0 atom stereocenters. The van der Waals surface area contributed by atoms with Gasteiger partial charge in [-0.05, 0) is 41.8 Å². The minimum Gasteiger partial charge on any atom is -0.192 e. The Hall–Kier alpha value is -3.60. The first-order valence-corrected chi connectivity index (χ1v) is 6.08. The second-order valence-corrected chi connectivity index (χ2v) is 4.38. The summed E-state index contributed by atoms with van der Waals surface area (Å²) in [4.78, 5) is 0. The first-order valence-electron chi connectivity index (χ1n) is 6.08. The largest absolute Gasteiger partial charge is 0.192 e. The van der Waals surface area contributed by atoms with Crippen molar-refractivity contribution in [2.75, 3.05) is 0 Å². The lowest BCUT2D eigenvalue weighted by atomic mass is 9.98. The van der Waals surface area contributed by atoms with Crippen LogP contribution in [-0.4, -0.2) is 0 Å². The first-order chi connectivity index (χ1) is 10.2. The quantitative estimate of drug-likeness (QED) is 0.836. The molecule has 0 aliphatic carbocycles. The van der Waals surface area contributed by atoms with E-state index in [0.29, 0.717) is 28.7 Å². The molecule has 0 unspecified atom stereocenters. The van der Waals surface area contributed by atoms with Crippen LogP contribution >= 0.6 is 0 Å². The Bertz CT molecular complexity index is 794. The summed E-state index contributed by atoms with van der Waals surface area (Å²) in [6.45, 7) is 0. The monoisotopic (exact) mass is 268 g/mol. The van der Waals surface area contributed by atoms with Crippen LogP contribution in [0.1, 0.15) is 33.4 Å². The maximum Gasteiger partial charge on any atom is 0.101 e. The molecule has 2 rings (SSSR count). The summed E-state index contributed by atoms with van der Waals surface area (Å²) in [6.07, 6.45) is 0.529. The molecule has 0 fully saturated rings. The Morgan fingerprint density at radius 3 is 1.29 bits per heavy atom. The van der Waals surface area contributed by atoms with E-state index in [1.165, 1.54) is 0 Å². The summed E-state index contributed by atoms with van der Waals surface area (Å²) in [5.41, 5.74) is 3.11. The van der Waals surface area contributed by atoms with Gasteiger partial charge in [-0.15, -0.1) is 0 Å². The molecule has 0 amide bonds. The second-order valence-electron chi connectivity index (χ2n) is 4.38. The van der Waals surface area contributed by atoms with Gasteiger partial charge in [0.15, 0.2) is 0 Å². The zero-order valence-corrected chi connectivity index (χ0v) is 11.0. The van der Waals surface area contributed by atoms with Gasteiger partial charge in [-0.25, -0.2) is 0 Å². The summed E-state index contributed by atoms with van der Waals surface area (Å²) in [5, 5.41) is 35.8. The van der Waals surface area contributed by atoms with E-state index in [4.69, 9.17) is 21.0 Å². The van der Waals surface area contributed by atoms with E-state index in [1.807, 2.05) is 24.3 Å². The maximum atomic E-state index is 9.01. The molecule has 2 aromatic rings. The van der Waals surface area contributed by atoms with Crippen molar-refractivity contribution in [2.24, 2.45) is 0 Å². The standard InChI is InChI=1S/C17H8N4/c18-8-14-3-1-12(6-16(14)10-20)5-13-2-4-15(9-19)17(7-13)11-21/h1-4,6-7H,5H2. The molecule has 0 aliphatic heterocycles. The molecule has 0 bridgehead atoms. The van der Waals surface area contributed by atoms with Crippen molar-refractivity contribution in [3.05, 3.63) is 69.8 Å². The molecule has 0 radical (unpaired) electrons. The lowest BCUT2D eigenvalue weighted by molar-refractivity contribution is 1.18. The third kappa shape index (κ3) is 2.87. The average molecular weight is 268 g/mol. The summed E-state index contributed by atoms with van der Waals surface area (Å²) < 4.78 is 0. The molecule has 0 aromatic heterocycles. The summed E-state index contributed by atoms with van der Waals surface area (Å²) in [6, 6.07) is 18.1. The molecule has 0 N–H and O–H groups in total. The first kappa shape index (κ1) is 13.8. The Balaban J connectivity index is 2.36. The highest BCUT2D eigenvalue weighted by molar-refractivity contribution is 5.50. The number of hydrogen-bond acceptors (Lipinski definition) is 4. The normalized spacial score (nSPS) is 8.95. The van der Waals surface area contributed by atoms with Gasteiger partial charge in [0.1, 0.15) is 24.3 Å². The van der Waals surface area contributed by atoms with Crippen LogP contribution in [-0.2, 0) is 6.42 Å². The van der Waals surface area contributed by atoms with Crippen LogP contribution in [0.5, 0.6) is 0 Å². The molecular weight excluding hydrogens is 260 g/mol. The van der Waals surface area contributed by atoms with Crippen molar-refractivity contribution < 1.29 is 0 Å². The molecule has 2 aromatic carbocycles. The lowest BCUT2D eigenvalue weighted by Gasteiger charge is -2.05. The fourth-order valence-corrected chi connectivity index (χ4v) is 2.02. The van der Waals surface area contributed by atoms with E-state index in [0.717, 1.165) is 11.1 Å². The third-order valence-corrected chi connectivity index (χ3v) is 3.06. The van der Waals surface area contributed by atoms with Crippen molar-refractivity contribution in [1.82, 2.24) is 0 Å². The van der Waals surface area contributed by atoms with E-state index in [2.05, 4.69) is 0 Å². The van der Waals surface area contributed by atoms with Crippen LogP contribution in [0.15, 0.2) is 36.4 Å². The second kappa shape index (κ2) is 6.03. The molecule has 96 valence electrons. The summed E-state index contributed by atoms with van der Waals surface area (Å²) in [5.74, 6) is 0. The Kier molecular flexibility index (Phi) is 3.97. The molecule has 0 spiro atoms. The number of benzene rings is 2. The topological polar surface area (TPSA) is 95.2 Å². The number of hydrogen-bond donors (Lipinski definition) is 0. The average Bonchev–Trinajstić information content (AvgIpc) is 2.54. The fraction of sp³-hybridized carbons (Fsp3) is 0.0588. The van der Waals surface area contributed by atoms with Crippen LogP contribution in [0.2, 0.25) is 0 Å². The van der Waals surface area contributed by atoms with Gasteiger partial charge >= 0.3 is 0 Å². The highest BCUT2D eigenvalue weighted by Gasteiger charge is 2.06. The Morgan fingerprint density at radius 1 is 0.571 bits per heavy atom. The SMILES string of the molecule is N#Cc1ccc(Cc2ccc(C#N)c(C#N)c2)cc1C#N. The third-order valence-electron chi connectivity index (χ3n) is 3.06. The molecule has 0 saturated heterocycles. The van der Waals surface area contributed by atoms with E-state index in [9.17, 15) is 0 Å². The van der Waals surface area contributed by atoms with E-state index >= 15 is 0 Å². The van der Waals surface area contributed by atoms with Crippen molar-refractivity contribution in [3.8, 4) is 24.3 Å². The number of rotatable bonds is 2. The van der Waals surface area contributed by atoms with Crippen LogP contribution in [0, 0.1) is 45.3 Å². The highest BCUT2D eigenvalue weighted by atomic mass is 14.3. The van der Waals surface area contributed by atoms with Gasteiger partial charge in [0, 0.05) is 0 Å². The van der Waals surface area contributed by atoms with E-state index < -0.39 is 0 Å². The zero-order valence-electron chi connectivity index (χ0n) is 11.0. The molecular formula is C17H8N4. The van der Waals surface area contributed by atoms with Crippen molar-refractivity contribution in [2.45, 2.75) is 6.42 Å². The van der Waals surface area contributed by atoms with Crippen molar-refractivity contribution in [3.63, 3.8) is 0 Å². The zero-order chi connectivity index (χ0) is 15.2. The van der Waals surface area contributed by atoms with Crippen LogP contribution < -0.4 is 0 Å². The minimum absolute atomic E-state index is 0.337. The highest BCUT2D eigenvalue weighted by Crippen LogP contribution is 2.17. The van der Waals surface area contributed by atoms with Gasteiger partial charge in [-0.1, -0.05) is 12.1 Å². The number of nitriles is 4. The maximum absolute atomic E-state index is 9.01. The predicted molar refractivity (Wildman–Crippen MR) is 74.6 cm³/mol. The fourth-order valence-electron chi connectivity index (χ4n) is 2.02. The summed E-state index contributed by atoms with van der Waals surface area (Å²) in [7, 11) is 0. The van der Waals surface area contributed by atoms with E-state index in [-0.39, 0.29) is 0 Å². The molecule has 0 saturated carbocycles. The minimum atomic E-state index is 0.337. The van der Waals surface area contributed by atoms with E-state index in [1.54, 1.807) is 36.4 Å². The molecule has 0 aliphatic rings. The van der Waals surface area contributed by atoms with Gasteiger partial charge in [0.2, 0.25) is 0 Å². The summed E-state index contributed by atoms with van der Waals surface area (Å²) >= 11 is 0. The van der Waals surface area contributed by atoms with Crippen molar-refractivity contribution >= 4 is 0 Å². The molecule has 4 heteroatoms. The lowest BCUT2D eigenvalue weighted by Crippen LogP contribution is -1.94. The van der Waals surface area contributed by atoms with Gasteiger partial charge < -0.3 is 0 Å². The van der Waals surface area contributed by atoms with Gasteiger partial charge in [-0.2, -0.15) is 21.0 Å². The predicted octanol–water partition coefficient (Wildman–Crippen LogP) is 2.76. The van der Waals surface area contributed by atoms with Gasteiger partial charge in [-0.3, -0.25) is 0 Å². The molecule has 4 nitrogen and oxygen atoms in total. The smallest absolute Gasteiger partial charge is 0.101 e. The van der Waals surface area contributed by atoms with Gasteiger partial charge in [0.05, 0.1) is 22.3 Å². The Labute approximate surface area is 122 Å². The van der Waals surface area contributed by atoms with Crippen LogP contribution in [0.4, 0.5) is 0 Å². The van der Waals surface area contributed by atoms with Crippen LogP contribution in [0.25, 0.3) is 0 Å². The Morgan fingerprint density at radius 2 is 0.952 bits per heavy atom. The van der Waals surface area contributed by atoms with Crippen LogP contribution in [0.3, 0.4) is 0 Å².